The van der Waals surface area contributed by atoms with Crippen molar-refractivity contribution in [1.29, 1.82) is 0 Å². The van der Waals surface area contributed by atoms with Crippen LogP contribution in [0.3, 0.4) is 0 Å². The van der Waals surface area contributed by atoms with Gasteiger partial charge in [-0.2, -0.15) is 9.46 Å². The molecule has 2 N–H and O–H groups in total. The lowest BCUT2D eigenvalue weighted by atomic mass is 9.78. The predicted molar refractivity (Wildman–Crippen MR) is 188 cm³/mol. The van der Waals surface area contributed by atoms with Gasteiger partial charge in [0.2, 0.25) is 0 Å². The van der Waals surface area contributed by atoms with Crippen LogP contribution in [0.25, 0.3) is 0 Å². The number of benzene rings is 4. The molecular formula is C38H37N5O2S2. The molecule has 5 aromatic rings. The third-order valence-electron chi connectivity index (χ3n) is 9.59. The summed E-state index contributed by atoms with van der Waals surface area (Å²) in [7, 11) is -3.66. The lowest BCUT2D eigenvalue weighted by Crippen LogP contribution is -2.38. The molecule has 4 aromatic carbocycles. The summed E-state index contributed by atoms with van der Waals surface area (Å²) in [6.45, 7) is 0.730. The highest BCUT2D eigenvalue weighted by atomic mass is 32.2. The van der Waals surface area contributed by atoms with E-state index in [0.29, 0.717) is 4.90 Å². The fourth-order valence-electron chi connectivity index (χ4n) is 7.48. The molecule has 1 aliphatic heterocycles. The Morgan fingerprint density at radius 3 is 1.89 bits per heavy atom. The minimum Gasteiger partial charge on any atom is -0.307 e. The maximum absolute atomic E-state index is 15.9. The van der Waals surface area contributed by atoms with Gasteiger partial charge in [-0.25, -0.2) is 13.7 Å². The number of fused-ring (bicyclic) bond motifs is 3. The fraction of sp³-hybridized carbons (Fsp3) is 0.263. The number of aromatic nitrogens is 2. The summed E-state index contributed by atoms with van der Waals surface area (Å²) in [5.41, 5.74) is 7.31. The smallest absolute Gasteiger partial charge is 0.307 e. The van der Waals surface area contributed by atoms with Gasteiger partial charge in [-0.3, -0.25) is 4.68 Å². The van der Waals surface area contributed by atoms with Crippen LogP contribution in [0.15, 0.2) is 118 Å². The van der Waals surface area contributed by atoms with Crippen molar-refractivity contribution in [1.82, 2.24) is 14.5 Å². The highest BCUT2D eigenvalue weighted by molar-refractivity contribution is 8.00. The highest BCUT2D eigenvalue weighted by Gasteiger charge is 2.40. The minimum absolute atomic E-state index is 0.438. The second kappa shape index (κ2) is 12.4. The van der Waals surface area contributed by atoms with Gasteiger partial charge in [0.1, 0.15) is 15.5 Å². The number of nitrogens with one attached hydrogen (secondary N) is 2. The normalized spacial score (nSPS) is 16.4. The summed E-state index contributed by atoms with van der Waals surface area (Å²) < 4.78 is 26.2. The maximum Gasteiger partial charge on any atom is 0.331 e. The Balaban J connectivity index is 1.34. The molecule has 0 fully saturated rings. The molecule has 9 heteroatoms. The molecule has 0 spiro atoms. The Bertz CT molecular complexity index is 1940. The predicted octanol–water partition coefficient (Wildman–Crippen LogP) is 7.91. The Hall–Kier alpha value is -4.34. The third-order valence-corrected chi connectivity index (χ3v) is 12.8. The van der Waals surface area contributed by atoms with Crippen molar-refractivity contribution in [3.63, 3.8) is 0 Å². The van der Waals surface area contributed by atoms with Crippen LogP contribution >= 0.6 is 11.8 Å². The van der Waals surface area contributed by atoms with Gasteiger partial charge < -0.3 is 5.32 Å². The van der Waals surface area contributed by atoms with E-state index >= 15 is 4.21 Å². The number of rotatable bonds is 7. The van der Waals surface area contributed by atoms with Crippen LogP contribution in [0.4, 0.5) is 10.5 Å². The number of nitrogens with zero attached hydrogens (tertiary/aromatic N) is 3. The molecule has 3 aliphatic rings. The zero-order valence-corrected chi connectivity index (χ0v) is 27.8. The van der Waals surface area contributed by atoms with E-state index in [9.17, 15) is 4.79 Å². The van der Waals surface area contributed by atoms with E-state index in [1.54, 1.807) is 18.0 Å². The van der Waals surface area contributed by atoms with Gasteiger partial charge in [0.05, 0.1) is 6.20 Å². The van der Waals surface area contributed by atoms with Crippen molar-refractivity contribution >= 4 is 33.4 Å². The average molecular weight is 660 g/mol. The van der Waals surface area contributed by atoms with Gasteiger partial charge in [0.25, 0.3) is 0 Å². The van der Waals surface area contributed by atoms with Crippen LogP contribution in [0.2, 0.25) is 0 Å². The first-order chi connectivity index (χ1) is 23.0. The minimum atomic E-state index is -3.66. The average Bonchev–Trinajstić information content (AvgIpc) is 3.89. The van der Waals surface area contributed by atoms with Gasteiger partial charge in [0.15, 0.2) is 9.92 Å². The summed E-state index contributed by atoms with van der Waals surface area (Å²) in [5.74, 6) is 0.879. The van der Waals surface area contributed by atoms with Crippen molar-refractivity contribution in [3.05, 3.63) is 142 Å². The number of carbonyl (C=O) groups is 1. The number of hydrogen-bond donors (Lipinski definition) is 2. The molecule has 1 unspecified atom stereocenters. The molecule has 0 radical (unpaired) electrons. The molecule has 0 saturated carbocycles. The molecule has 238 valence electrons. The maximum atomic E-state index is 15.9. The first-order valence-electron chi connectivity index (χ1n) is 16.4. The molecule has 1 aromatic heterocycles. The second-order valence-corrected chi connectivity index (χ2v) is 15.4. The molecule has 1 atom stereocenters. The van der Waals surface area contributed by atoms with Crippen LogP contribution in [0.1, 0.15) is 58.2 Å². The topological polar surface area (TPSA) is 88.4 Å². The number of carbonyl (C=O) groups excluding carboxylic acids is 1. The van der Waals surface area contributed by atoms with Crippen LogP contribution in [-0.4, -0.2) is 25.8 Å². The number of amides is 2. The van der Waals surface area contributed by atoms with Gasteiger partial charge in [0, 0.05) is 18.0 Å². The summed E-state index contributed by atoms with van der Waals surface area (Å²) >= 11 is 1.62. The first kappa shape index (κ1) is 30.0. The fourth-order valence-corrected chi connectivity index (χ4v) is 10.7. The van der Waals surface area contributed by atoms with Gasteiger partial charge >= 0.3 is 6.03 Å². The van der Waals surface area contributed by atoms with Gasteiger partial charge in [-0.15, -0.1) is 11.8 Å². The monoisotopic (exact) mass is 659 g/mol. The molecule has 2 amide bonds. The zero-order valence-electron chi connectivity index (χ0n) is 26.2. The lowest BCUT2D eigenvalue weighted by Gasteiger charge is -2.33. The largest absolute Gasteiger partial charge is 0.331 e. The van der Waals surface area contributed by atoms with Crippen molar-refractivity contribution in [2.75, 3.05) is 11.1 Å². The van der Waals surface area contributed by atoms with Gasteiger partial charge in [-0.05, 0) is 83.9 Å². The quantitative estimate of drug-likeness (QED) is 0.174. The van der Waals surface area contributed by atoms with E-state index in [-0.39, 0.29) is 0 Å². The standard InChI is InChI=1S/C38H37N5O2S2/c44-37(40-35-32-21-10-13-27(32)25-28-14-11-22-33(28)35)41-47(45,34-26-39-43-23-12-24-46-36(34)43)42-38(29-15-4-1-5-16-29,30-17-6-2-7-18-30)31-19-8-3-9-20-31/h1-9,15-20,25-26H,10-14,21-24H2,(H2,40,41,42,44,45). The van der Waals surface area contributed by atoms with Crippen molar-refractivity contribution in [2.45, 2.75) is 67.0 Å². The number of thioether (sulfide) groups is 1. The van der Waals surface area contributed by atoms with Crippen molar-refractivity contribution in [3.8, 4) is 0 Å². The Morgan fingerprint density at radius 2 is 1.34 bits per heavy atom. The van der Waals surface area contributed by atoms with Gasteiger partial charge in [-0.1, -0.05) is 97.1 Å². The zero-order chi connectivity index (χ0) is 31.8. The van der Waals surface area contributed by atoms with Crippen LogP contribution in [0.5, 0.6) is 0 Å². The summed E-state index contributed by atoms with van der Waals surface area (Å²) in [6, 6.07) is 31.7. The second-order valence-electron chi connectivity index (χ2n) is 12.5. The van der Waals surface area contributed by atoms with Crippen molar-refractivity contribution < 1.29 is 9.00 Å². The SMILES string of the molecule is O=C(Nc1c2c(cc3c1CCC3)CCC2)NS(=O)(=NC(c1ccccc1)(c1ccccc1)c1ccccc1)c1cnn2c1SCCC2. The molecule has 2 aliphatic carbocycles. The molecule has 0 bridgehead atoms. The first-order valence-corrected chi connectivity index (χ1v) is 18.9. The Kier molecular flexibility index (Phi) is 7.89. The summed E-state index contributed by atoms with van der Waals surface area (Å²) in [4.78, 5) is 14.7. The van der Waals surface area contributed by atoms with Crippen LogP contribution in [-0.2, 0) is 47.7 Å². The summed E-state index contributed by atoms with van der Waals surface area (Å²) in [6.07, 6.45) is 8.69. The molecule has 2 heterocycles. The van der Waals surface area contributed by atoms with Crippen LogP contribution in [0, 0.1) is 0 Å². The number of aryl methyl sites for hydroxylation is 3. The number of urea groups is 1. The van der Waals surface area contributed by atoms with E-state index in [1.165, 1.54) is 22.3 Å². The molecular weight excluding hydrogens is 623 g/mol. The number of anilines is 1. The molecule has 8 rings (SSSR count). The van der Waals surface area contributed by atoms with E-state index in [1.807, 2.05) is 95.7 Å². The van der Waals surface area contributed by atoms with E-state index < -0.39 is 21.5 Å². The van der Waals surface area contributed by atoms with Crippen LogP contribution < -0.4 is 10.0 Å². The van der Waals surface area contributed by atoms with E-state index in [4.69, 9.17) is 4.36 Å². The van der Waals surface area contributed by atoms with E-state index in [2.05, 4.69) is 21.2 Å². The number of hydrogen-bond acceptors (Lipinski definition) is 5. The van der Waals surface area contributed by atoms with Crippen molar-refractivity contribution in [2.24, 2.45) is 4.36 Å². The third kappa shape index (κ3) is 5.35. The summed E-state index contributed by atoms with van der Waals surface area (Å²) in [5, 5.41) is 8.65. The molecule has 0 saturated heterocycles. The molecule has 47 heavy (non-hydrogen) atoms. The Morgan fingerprint density at radius 1 is 0.787 bits per heavy atom. The molecule has 7 nitrogen and oxygen atoms in total. The Labute approximate surface area is 280 Å². The lowest BCUT2D eigenvalue weighted by molar-refractivity contribution is 0.256. The highest BCUT2D eigenvalue weighted by Crippen LogP contribution is 2.44. The van der Waals surface area contributed by atoms with E-state index in [0.717, 1.165) is 84.6 Å².